The van der Waals surface area contributed by atoms with Gasteiger partial charge in [0.25, 0.3) is 5.56 Å². The highest BCUT2D eigenvalue weighted by Gasteiger charge is 2.28. The number of furan rings is 1. The van der Waals surface area contributed by atoms with Crippen LogP contribution in [0.15, 0.2) is 56.1 Å². The molecule has 1 aliphatic rings. The number of carbonyl (C=O) groups is 1. The van der Waals surface area contributed by atoms with Gasteiger partial charge in [-0.05, 0) is 48.9 Å². The number of hydrogen-bond donors (Lipinski definition) is 2. The maximum atomic E-state index is 12.6. The minimum absolute atomic E-state index is 0.0232. The zero-order valence-corrected chi connectivity index (χ0v) is 19.4. The van der Waals surface area contributed by atoms with E-state index in [4.69, 9.17) is 16.0 Å². The lowest BCUT2D eigenvalue weighted by Crippen LogP contribution is -2.32. The number of aromatic nitrogens is 2. The van der Waals surface area contributed by atoms with Crippen LogP contribution in [0.1, 0.15) is 17.8 Å². The second kappa shape index (κ2) is 8.69. The molecule has 1 unspecified atom stereocenters. The molecule has 1 amide bonds. The third kappa shape index (κ3) is 4.30. The van der Waals surface area contributed by atoms with Gasteiger partial charge in [0.05, 0.1) is 12.5 Å². The van der Waals surface area contributed by atoms with E-state index in [1.807, 2.05) is 42.5 Å². The molecule has 0 aliphatic carbocycles. The Hall–Kier alpha value is -2.68. The molecule has 0 spiro atoms. The van der Waals surface area contributed by atoms with Crippen LogP contribution in [-0.4, -0.2) is 33.9 Å². The van der Waals surface area contributed by atoms with Gasteiger partial charge in [0.2, 0.25) is 11.5 Å². The Morgan fingerprint density at radius 3 is 3.03 bits per heavy atom. The molecule has 1 fully saturated rings. The van der Waals surface area contributed by atoms with Gasteiger partial charge in [0.15, 0.2) is 0 Å². The Bertz CT molecular complexity index is 1380. The van der Waals surface area contributed by atoms with Crippen LogP contribution in [0.2, 0.25) is 5.02 Å². The number of carbonyl (C=O) groups excluding carboxylic acids is 1. The number of nitrogens with one attached hydrogen (secondary N) is 2. The van der Waals surface area contributed by atoms with Crippen LogP contribution in [0.25, 0.3) is 22.1 Å². The lowest BCUT2D eigenvalue weighted by molar-refractivity contribution is -0.124. The summed E-state index contributed by atoms with van der Waals surface area (Å²) in [6, 6.07) is 13.0. The van der Waals surface area contributed by atoms with E-state index >= 15 is 0 Å². The molecule has 4 aromatic rings. The number of likely N-dealkylation sites (tertiary alicyclic amines) is 1. The van der Waals surface area contributed by atoms with Crippen LogP contribution in [0.5, 0.6) is 0 Å². The number of hydrogen-bond acceptors (Lipinski definition) is 5. The highest BCUT2D eigenvalue weighted by Crippen LogP contribution is 2.28. The van der Waals surface area contributed by atoms with Gasteiger partial charge in [-0.15, -0.1) is 0 Å². The van der Waals surface area contributed by atoms with Crippen molar-refractivity contribution in [3.63, 3.8) is 0 Å². The van der Waals surface area contributed by atoms with Crippen molar-refractivity contribution in [3.05, 3.63) is 73.7 Å². The molecule has 1 atom stereocenters. The minimum atomic E-state index is -0.299. The van der Waals surface area contributed by atoms with Gasteiger partial charge >= 0.3 is 0 Å². The smallest absolute Gasteiger partial charge is 0.294 e. The zero-order valence-electron chi connectivity index (χ0n) is 17.0. The fourth-order valence-electron chi connectivity index (χ4n) is 4.13. The van der Waals surface area contributed by atoms with Crippen molar-refractivity contribution < 1.29 is 9.21 Å². The third-order valence-corrected chi connectivity index (χ3v) is 6.44. The van der Waals surface area contributed by atoms with Gasteiger partial charge < -0.3 is 14.7 Å². The SMILES string of the molecule is O=C(NCc1cccc(Cl)c1)C1CCN(Cc2nc3c(oc4ccc(Br)cc43)c(=O)[nH]2)C1. The predicted molar refractivity (Wildman–Crippen MR) is 127 cm³/mol. The van der Waals surface area contributed by atoms with Crippen LogP contribution in [0, 0.1) is 5.92 Å². The molecule has 2 aromatic heterocycles. The summed E-state index contributed by atoms with van der Waals surface area (Å²) in [5.74, 6) is 0.482. The van der Waals surface area contributed by atoms with Gasteiger partial charge in [-0.25, -0.2) is 4.98 Å². The van der Waals surface area contributed by atoms with Gasteiger partial charge in [0, 0.05) is 28.0 Å². The number of fused-ring (bicyclic) bond motifs is 3. The fourth-order valence-corrected chi connectivity index (χ4v) is 4.70. The molecule has 1 saturated heterocycles. The maximum absolute atomic E-state index is 12.6. The van der Waals surface area contributed by atoms with E-state index in [0.717, 1.165) is 28.4 Å². The molecule has 2 aromatic carbocycles. The van der Waals surface area contributed by atoms with Crippen LogP contribution < -0.4 is 10.9 Å². The number of halogens is 2. The topological polar surface area (TPSA) is 91.2 Å². The molecule has 3 heterocycles. The van der Waals surface area contributed by atoms with E-state index in [-0.39, 0.29) is 23.0 Å². The van der Waals surface area contributed by atoms with Crippen molar-refractivity contribution in [1.82, 2.24) is 20.2 Å². The summed E-state index contributed by atoms with van der Waals surface area (Å²) in [6.07, 6.45) is 0.759. The van der Waals surface area contributed by atoms with E-state index in [9.17, 15) is 9.59 Å². The molecule has 32 heavy (non-hydrogen) atoms. The fraction of sp³-hybridized carbons (Fsp3) is 0.261. The summed E-state index contributed by atoms with van der Waals surface area (Å²) >= 11 is 9.46. The second-order valence-corrected chi connectivity index (χ2v) is 9.35. The van der Waals surface area contributed by atoms with E-state index < -0.39 is 0 Å². The first-order chi connectivity index (χ1) is 15.5. The number of nitrogens with zero attached hydrogens (tertiary/aromatic N) is 2. The van der Waals surface area contributed by atoms with Gasteiger partial charge in [-0.2, -0.15) is 0 Å². The van der Waals surface area contributed by atoms with Crippen LogP contribution in [-0.2, 0) is 17.9 Å². The summed E-state index contributed by atoms with van der Waals surface area (Å²) in [6.45, 7) is 2.28. The highest BCUT2D eigenvalue weighted by atomic mass is 79.9. The standard InChI is InChI=1S/C23H20BrClN4O3/c24-15-4-5-18-17(9-15)20-21(32-18)23(31)28-19(27-20)12-29-7-6-14(11-29)22(30)26-10-13-2-1-3-16(25)8-13/h1-5,8-9,14H,6-7,10-12H2,(H,26,30)(H,27,28,31). The molecule has 164 valence electrons. The summed E-state index contributed by atoms with van der Waals surface area (Å²) in [5, 5.41) is 4.44. The average Bonchev–Trinajstić information content (AvgIpc) is 3.37. The Morgan fingerprint density at radius 1 is 1.31 bits per heavy atom. The lowest BCUT2D eigenvalue weighted by Gasteiger charge is -2.15. The highest BCUT2D eigenvalue weighted by molar-refractivity contribution is 9.10. The summed E-state index contributed by atoms with van der Waals surface area (Å²) in [5.41, 5.74) is 2.06. The van der Waals surface area contributed by atoms with Crippen LogP contribution in [0.3, 0.4) is 0 Å². The Morgan fingerprint density at radius 2 is 2.19 bits per heavy atom. The third-order valence-electron chi connectivity index (χ3n) is 5.71. The zero-order chi connectivity index (χ0) is 22.2. The van der Waals surface area contributed by atoms with Crippen molar-refractivity contribution in [2.75, 3.05) is 13.1 Å². The maximum Gasteiger partial charge on any atom is 0.294 e. The van der Waals surface area contributed by atoms with Crippen molar-refractivity contribution in [3.8, 4) is 0 Å². The Labute approximate surface area is 196 Å². The molecular formula is C23H20BrClN4O3. The molecule has 7 nitrogen and oxygen atoms in total. The summed E-state index contributed by atoms with van der Waals surface area (Å²) in [4.78, 5) is 34.8. The number of benzene rings is 2. The first kappa shape index (κ1) is 21.2. The molecule has 9 heteroatoms. The van der Waals surface area contributed by atoms with Crippen LogP contribution >= 0.6 is 27.5 Å². The van der Waals surface area contributed by atoms with Crippen LogP contribution in [0.4, 0.5) is 0 Å². The number of aromatic amines is 1. The molecule has 1 aliphatic heterocycles. The van der Waals surface area contributed by atoms with Crippen molar-refractivity contribution in [2.24, 2.45) is 5.92 Å². The summed E-state index contributed by atoms with van der Waals surface area (Å²) < 4.78 is 6.57. The molecular weight excluding hydrogens is 496 g/mol. The van der Waals surface area contributed by atoms with Gasteiger partial charge in [-0.1, -0.05) is 39.7 Å². The number of amides is 1. The van der Waals surface area contributed by atoms with Gasteiger partial charge in [-0.3, -0.25) is 14.5 Å². The molecule has 0 bridgehead atoms. The Kier molecular flexibility index (Phi) is 5.75. The number of H-pyrrole nitrogens is 1. The summed E-state index contributed by atoms with van der Waals surface area (Å²) in [7, 11) is 0. The monoisotopic (exact) mass is 514 g/mol. The number of rotatable bonds is 5. The second-order valence-electron chi connectivity index (χ2n) is 8.00. The first-order valence-corrected chi connectivity index (χ1v) is 11.5. The van der Waals surface area contributed by atoms with E-state index in [2.05, 4.69) is 36.1 Å². The first-order valence-electron chi connectivity index (χ1n) is 10.3. The minimum Gasteiger partial charge on any atom is -0.449 e. The molecule has 0 radical (unpaired) electrons. The van der Waals surface area contributed by atoms with E-state index in [1.165, 1.54) is 0 Å². The van der Waals surface area contributed by atoms with E-state index in [0.29, 0.717) is 41.6 Å². The largest absolute Gasteiger partial charge is 0.449 e. The molecule has 2 N–H and O–H groups in total. The van der Waals surface area contributed by atoms with Crippen molar-refractivity contribution in [2.45, 2.75) is 19.5 Å². The quantitative estimate of drug-likeness (QED) is 0.415. The van der Waals surface area contributed by atoms with Crippen molar-refractivity contribution >= 4 is 55.5 Å². The Balaban J connectivity index is 1.27. The molecule has 0 saturated carbocycles. The molecule has 5 rings (SSSR count). The lowest BCUT2D eigenvalue weighted by atomic mass is 10.1. The normalized spacial score (nSPS) is 16.8. The van der Waals surface area contributed by atoms with Gasteiger partial charge in [0.1, 0.15) is 16.9 Å². The average molecular weight is 516 g/mol. The van der Waals surface area contributed by atoms with E-state index in [1.54, 1.807) is 0 Å². The van der Waals surface area contributed by atoms with Crippen molar-refractivity contribution in [1.29, 1.82) is 0 Å². The predicted octanol–water partition coefficient (Wildman–Crippen LogP) is 4.22.